The Morgan fingerprint density at radius 1 is 1.16 bits per heavy atom. The Bertz CT molecular complexity index is 596. The van der Waals surface area contributed by atoms with Crippen LogP contribution in [-0.4, -0.2) is 37.9 Å². The highest BCUT2D eigenvalue weighted by Crippen LogP contribution is 2.32. The number of fused-ring (bicyclic) bond motifs is 1. The second-order valence-corrected chi connectivity index (χ2v) is 6.99. The summed E-state index contributed by atoms with van der Waals surface area (Å²) in [4.78, 5) is 4.46. The van der Waals surface area contributed by atoms with Crippen molar-refractivity contribution in [2.75, 3.05) is 25.1 Å². The number of anilines is 1. The molecule has 25 heavy (non-hydrogen) atoms. The van der Waals surface area contributed by atoms with Gasteiger partial charge < -0.3 is 25.3 Å². The SMILES string of the molecule is CC1CC(CCN=C(N)Nc2ccc3c(c2)OCCCO3)CC(C)O1. The van der Waals surface area contributed by atoms with Crippen molar-refractivity contribution in [3.05, 3.63) is 18.2 Å². The summed E-state index contributed by atoms with van der Waals surface area (Å²) in [5.41, 5.74) is 6.89. The van der Waals surface area contributed by atoms with Gasteiger partial charge in [0.25, 0.3) is 0 Å². The van der Waals surface area contributed by atoms with Crippen LogP contribution < -0.4 is 20.5 Å². The van der Waals surface area contributed by atoms with Gasteiger partial charge in [0.2, 0.25) is 0 Å². The van der Waals surface area contributed by atoms with E-state index in [0.717, 1.165) is 49.4 Å². The van der Waals surface area contributed by atoms with E-state index in [4.69, 9.17) is 19.9 Å². The second kappa shape index (κ2) is 8.43. The summed E-state index contributed by atoms with van der Waals surface area (Å²) in [5, 5.41) is 3.14. The highest BCUT2D eigenvalue weighted by Gasteiger charge is 2.23. The highest BCUT2D eigenvalue weighted by molar-refractivity contribution is 5.92. The van der Waals surface area contributed by atoms with Gasteiger partial charge in [-0.3, -0.25) is 4.99 Å². The average molecular weight is 347 g/mol. The molecule has 2 heterocycles. The van der Waals surface area contributed by atoms with Crippen molar-refractivity contribution in [3.8, 4) is 11.5 Å². The molecular weight excluding hydrogens is 318 g/mol. The Kier molecular flexibility index (Phi) is 6.02. The van der Waals surface area contributed by atoms with Crippen molar-refractivity contribution in [2.45, 2.75) is 51.7 Å². The smallest absolute Gasteiger partial charge is 0.193 e. The fraction of sp³-hybridized carbons (Fsp3) is 0.632. The maximum Gasteiger partial charge on any atom is 0.193 e. The minimum Gasteiger partial charge on any atom is -0.490 e. The van der Waals surface area contributed by atoms with Gasteiger partial charge in [0, 0.05) is 24.7 Å². The van der Waals surface area contributed by atoms with Crippen LogP contribution in [0.5, 0.6) is 11.5 Å². The van der Waals surface area contributed by atoms with Crippen LogP contribution >= 0.6 is 0 Å². The lowest BCUT2D eigenvalue weighted by molar-refractivity contribution is -0.0529. The van der Waals surface area contributed by atoms with Crippen LogP contribution in [0.25, 0.3) is 0 Å². The van der Waals surface area contributed by atoms with E-state index in [-0.39, 0.29) is 0 Å². The van der Waals surface area contributed by atoms with Gasteiger partial charge in [-0.1, -0.05) is 0 Å². The van der Waals surface area contributed by atoms with E-state index in [1.165, 1.54) is 0 Å². The van der Waals surface area contributed by atoms with Crippen LogP contribution in [0, 0.1) is 5.92 Å². The fourth-order valence-corrected chi connectivity index (χ4v) is 3.57. The summed E-state index contributed by atoms with van der Waals surface area (Å²) in [6.07, 6.45) is 4.83. The van der Waals surface area contributed by atoms with E-state index in [1.54, 1.807) is 0 Å². The lowest BCUT2D eigenvalue weighted by Crippen LogP contribution is -2.30. The molecule has 138 valence electrons. The zero-order valence-corrected chi connectivity index (χ0v) is 15.2. The van der Waals surface area contributed by atoms with Crippen LogP contribution in [0.1, 0.15) is 39.5 Å². The Hall–Kier alpha value is -1.95. The number of rotatable bonds is 4. The molecule has 0 aliphatic carbocycles. The molecular formula is C19H29N3O3. The number of benzene rings is 1. The highest BCUT2D eigenvalue weighted by atomic mass is 16.5. The minimum absolute atomic E-state index is 0.343. The number of ether oxygens (including phenoxy) is 3. The van der Waals surface area contributed by atoms with Crippen molar-refractivity contribution in [3.63, 3.8) is 0 Å². The largest absolute Gasteiger partial charge is 0.490 e. The summed E-state index contributed by atoms with van der Waals surface area (Å²) >= 11 is 0. The maximum atomic E-state index is 6.02. The standard InChI is InChI=1S/C19H29N3O3/c1-13-10-15(11-14(2)25-13)6-7-21-19(20)22-16-4-5-17-18(12-16)24-9-3-8-23-17/h4-5,12-15H,3,6-11H2,1-2H3,(H3,20,21,22). The molecule has 2 atom stereocenters. The Balaban J connectivity index is 1.50. The van der Waals surface area contributed by atoms with Gasteiger partial charge in [0.05, 0.1) is 25.4 Å². The Morgan fingerprint density at radius 3 is 2.64 bits per heavy atom. The first-order chi connectivity index (χ1) is 12.1. The molecule has 2 aliphatic heterocycles. The molecule has 0 spiro atoms. The first-order valence-corrected chi connectivity index (χ1v) is 9.22. The van der Waals surface area contributed by atoms with E-state index < -0.39 is 0 Å². The second-order valence-electron chi connectivity index (χ2n) is 6.99. The van der Waals surface area contributed by atoms with E-state index in [1.807, 2.05) is 18.2 Å². The number of hydrogen-bond donors (Lipinski definition) is 2. The number of guanidine groups is 1. The van der Waals surface area contributed by atoms with Crippen LogP contribution in [0.4, 0.5) is 5.69 Å². The van der Waals surface area contributed by atoms with E-state index in [2.05, 4.69) is 24.2 Å². The molecule has 1 fully saturated rings. The summed E-state index contributed by atoms with van der Waals surface area (Å²) < 4.78 is 17.1. The summed E-state index contributed by atoms with van der Waals surface area (Å²) in [5.74, 6) is 2.62. The first kappa shape index (κ1) is 17.9. The summed E-state index contributed by atoms with van der Waals surface area (Å²) in [6.45, 7) is 6.38. The predicted octanol–water partition coefficient (Wildman–Crippen LogP) is 3.17. The number of nitrogens with one attached hydrogen (secondary N) is 1. The normalized spacial score (nSPS) is 26.8. The third-order valence-corrected chi connectivity index (χ3v) is 4.63. The Labute approximate surface area is 149 Å². The molecule has 6 heteroatoms. The average Bonchev–Trinajstić information content (AvgIpc) is 2.79. The molecule has 0 saturated carbocycles. The molecule has 2 aliphatic rings. The number of hydrogen-bond acceptors (Lipinski definition) is 4. The molecule has 3 N–H and O–H groups in total. The van der Waals surface area contributed by atoms with E-state index in [9.17, 15) is 0 Å². The van der Waals surface area contributed by atoms with E-state index >= 15 is 0 Å². The molecule has 6 nitrogen and oxygen atoms in total. The topological polar surface area (TPSA) is 78.1 Å². The molecule has 1 aromatic rings. The molecule has 3 rings (SSSR count). The lowest BCUT2D eigenvalue weighted by atomic mass is 9.90. The predicted molar refractivity (Wildman–Crippen MR) is 99.5 cm³/mol. The monoisotopic (exact) mass is 347 g/mol. The third-order valence-electron chi connectivity index (χ3n) is 4.63. The van der Waals surface area contributed by atoms with E-state index in [0.29, 0.717) is 37.3 Å². The summed E-state index contributed by atoms with van der Waals surface area (Å²) in [6, 6.07) is 5.74. The van der Waals surface area contributed by atoms with Crippen molar-refractivity contribution >= 4 is 11.6 Å². The molecule has 1 saturated heterocycles. The van der Waals surface area contributed by atoms with Gasteiger partial charge in [-0.25, -0.2) is 0 Å². The fourth-order valence-electron chi connectivity index (χ4n) is 3.57. The molecule has 2 unspecified atom stereocenters. The number of nitrogens with two attached hydrogens (primary N) is 1. The maximum absolute atomic E-state index is 6.02. The quantitative estimate of drug-likeness (QED) is 0.646. The molecule has 0 radical (unpaired) electrons. The third kappa shape index (κ3) is 5.26. The minimum atomic E-state index is 0.343. The van der Waals surface area contributed by atoms with Gasteiger partial charge in [-0.2, -0.15) is 0 Å². The summed E-state index contributed by atoms with van der Waals surface area (Å²) in [7, 11) is 0. The molecule has 1 aromatic carbocycles. The van der Waals surface area contributed by atoms with Gasteiger partial charge in [0.1, 0.15) is 0 Å². The van der Waals surface area contributed by atoms with Crippen molar-refractivity contribution < 1.29 is 14.2 Å². The van der Waals surface area contributed by atoms with Crippen molar-refractivity contribution in [2.24, 2.45) is 16.6 Å². The van der Waals surface area contributed by atoms with Gasteiger partial charge in [0.15, 0.2) is 17.5 Å². The zero-order chi connectivity index (χ0) is 17.6. The lowest BCUT2D eigenvalue weighted by Gasteiger charge is -2.31. The van der Waals surface area contributed by atoms with Gasteiger partial charge in [-0.05, 0) is 51.2 Å². The zero-order valence-electron chi connectivity index (χ0n) is 15.2. The molecule has 0 bridgehead atoms. The molecule has 0 amide bonds. The van der Waals surface area contributed by atoms with Crippen LogP contribution in [0.2, 0.25) is 0 Å². The number of nitrogens with zero attached hydrogens (tertiary/aromatic N) is 1. The van der Waals surface area contributed by atoms with Crippen molar-refractivity contribution in [1.82, 2.24) is 0 Å². The Morgan fingerprint density at radius 2 is 1.88 bits per heavy atom. The van der Waals surface area contributed by atoms with Crippen molar-refractivity contribution in [1.29, 1.82) is 0 Å². The first-order valence-electron chi connectivity index (χ1n) is 9.22. The van der Waals surface area contributed by atoms with Gasteiger partial charge in [-0.15, -0.1) is 0 Å². The number of aliphatic imine (C=N–C) groups is 1. The molecule has 0 aromatic heterocycles. The van der Waals surface area contributed by atoms with Crippen LogP contribution in [0.15, 0.2) is 23.2 Å². The van der Waals surface area contributed by atoms with Gasteiger partial charge >= 0.3 is 0 Å². The van der Waals surface area contributed by atoms with Crippen LogP contribution in [-0.2, 0) is 4.74 Å². The van der Waals surface area contributed by atoms with Crippen LogP contribution in [0.3, 0.4) is 0 Å².